The first-order valence-electron chi connectivity index (χ1n) is 7.79. The van der Waals surface area contributed by atoms with E-state index in [9.17, 15) is 14.4 Å². The molecule has 1 aromatic rings. The monoisotopic (exact) mass is 300 g/mol. The largest absolute Gasteiger partial charge is 0.366 e. The summed E-state index contributed by atoms with van der Waals surface area (Å²) in [5.74, 6) is -0.239. The van der Waals surface area contributed by atoms with Crippen LogP contribution in [0.25, 0.3) is 0 Å². The summed E-state index contributed by atoms with van der Waals surface area (Å²) >= 11 is 0. The predicted octanol–water partition coefficient (Wildman–Crippen LogP) is 2.12. The standard InChI is InChI=1S/C17H20N2O3/c18-16(21)12-5-2-6-14(9-12)19-17(22)13-7-10-3-1-4-11(8-13)15(10)20/h2,5-6,9-11,13H,1,3-4,7-8H2,(H2,18,21)(H,19,22). The maximum absolute atomic E-state index is 12.4. The van der Waals surface area contributed by atoms with Gasteiger partial charge in [0.05, 0.1) is 0 Å². The summed E-state index contributed by atoms with van der Waals surface area (Å²) < 4.78 is 0. The third-order valence-electron chi connectivity index (χ3n) is 4.83. The highest BCUT2D eigenvalue weighted by Crippen LogP contribution is 2.40. The molecule has 2 aliphatic rings. The minimum atomic E-state index is -0.520. The van der Waals surface area contributed by atoms with Crippen LogP contribution in [-0.4, -0.2) is 17.6 Å². The summed E-state index contributed by atoms with van der Waals surface area (Å²) in [6, 6.07) is 6.62. The van der Waals surface area contributed by atoms with E-state index in [-0.39, 0.29) is 23.7 Å². The Morgan fingerprint density at radius 3 is 2.45 bits per heavy atom. The Balaban J connectivity index is 1.68. The van der Waals surface area contributed by atoms with E-state index in [4.69, 9.17) is 5.73 Å². The fourth-order valence-electron chi connectivity index (χ4n) is 3.69. The molecular weight excluding hydrogens is 280 g/mol. The first kappa shape index (κ1) is 14.8. The molecule has 0 saturated heterocycles. The Bertz CT molecular complexity index is 610. The zero-order chi connectivity index (χ0) is 15.7. The molecule has 0 aliphatic heterocycles. The third kappa shape index (κ3) is 2.89. The molecule has 0 radical (unpaired) electrons. The number of nitrogens with one attached hydrogen (secondary N) is 1. The van der Waals surface area contributed by atoms with Crippen LogP contribution in [0.2, 0.25) is 0 Å². The molecule has 2 atom stereocenters. The number of amides is 2. The first-order valence-corrected chi connectivity index (χ1v) is 7.79. The summed E-state index contributed by atoms with van der Waals surface area (Å²) in [6.45, 7) is 0. The summed E-state index contributed by atoms with van der Waals surface area (Å²) in [5, 5.41) is 2.85. The second kappa shape index (κ2) is 5.91. The van der Waals surface area contributed by atoms with E-state index in [0.29, 0.717) is 29.9 Å². The van der Waals surface area contributed by atoms with E-state index >= 15 is 0 Å². The van der Waals surface area contributed by atoms with Crippen molar-refractivity contribution in [1.82, 2.24) is 0 Å². The van der Waals surface area contributed by atoms with Gasteiger partial charge in [0.15, 0.2) is 0 Å². The fourth-order valence-corrected chi connectivity index (χ4v) is 3.69. The number of rotatable bonds is 3. The number of fused-ring (bicyclic) bond motifs is 2. The van der Waals surface area contributed by atoms with Crippen molar-refractivity contribution in [3.8, 4) is 0 Å². The first-order chi connectivity index (χ1) is 10.5. The molecule has 0 spiro atoms. The van der Waals surface area contributed by atoms with Gasteiger partial charge < -0.3 is 11.1 Å². The molecule has 2 amide bonds. The molecule has 2 saturated carbocycles. The predicted molar refractivity (Wildman–Crippen MR) is 82.2 cm³/mol. The van der Waals surface area contributed by atoms with Gasteiger partial charge in [-0.3, -0.25) is 14.4 Å². The highest BCUT2D eigenvalue weighted by atomic mass is 16.2. The summed E-state index contributed by atoms with van der Waals surface area (Å²) in [5.41, 5.74) is 6.19. The van der Waals surface area contributed by atoms with Crippen molar-refractivity contribution >= 4 is 23.3 Å². The summed E-state index contributed by atoms with van der Waals surface area (Å²) in [4.78, 5) is 35.7. The molecule has 2 bridgehead atoms. The van der Waals surface area contributed by atoms with Crippen molar-refractivity contribution in [1.29, 1.82) is 0 Å². The van der Waals surface area contributed by atoms with Crippen LogP contribution < -0.4 is 11.1 Å². The topological polar surface area (TPSA) is 89.3 Å². The van der Waals surface area contributed by atoms with Crippen LogP contribution in [0.15, 0.2) is 24.3 Å². The van der Waals surface area contributed by atoms with E-state index in [1.54, 1.807) is 24.3 Å². The SMILES string of the molecule is NC(=O)c1cccc(NC(=O)C2CC3CCCC(C2)C3=O)c1. The highest BCUT2D eigenvalue weighted by Gasteiger charge is 2.41. The van der Waals surface area contributed by atoms with Gasteiger partial charge in [-0.25, -0.2) is 0 Å². The Labute approximate surface area is 129 Å². The van der Waals surface area contributed by atoms with Crippen molar-refractivity contribution in [2.45, 2.75) is 32.1 Å². The van der Waals surface area contributed by atoms with E-state index in [1.807, 2.05) is 0 Å². The Morgan fingerprint density at radius 1 is 1.14 bits per heavy atom. The molecule has 5 heteroatoms. The number of hydrogen-bond donors (Lipinski definition) is 2. The number of anilines is 1. The van der Waals surface area contributed by atoms with Gasteiger partial charge in [0, 0.05) is 29.0 Å². The molecule has 22 heavy (non-hydrogen) atoms. The van der Waals surface area contributed by atoms with Gasteiger partial charge in [-0.1, -0.05) is 12.5 Å². The Morgan fingerprint density at radius 2 is 1.82 bits per heavy atom. The number of carbonyl (C=O) groups is 3. The van der Waals surface area contributed by atoms with Crippen molar-refractivity contribution in [2.75, 3.05) is 5.32 Å². The lowest BCUT2D eigenvalue weighted by Crippen LogP contribution is -2.40. The number of carbonyl (C=O) groups excluding carboxylic acids is 3. The number of Topliss-reactive ketones (excluding diaryl/α,β-unsaturated/α-hetero) is 1. The average molecular weight is 300 g/mol. The average Bonchev–Trinajstić information content (AvgIpc) is 2.47. The van der Waals surface area contributed by atoms with Crippen LogP contribution >= 0.6 is 0 Å². The Hall–Kier alpha value is -2.17. The number of benzene rings is 1. The van der Waals surface area contributed by atoms with Crippen LogP contribution in [0, 0.1) is 17.8 Å². The van der Waals surface area contributed by atoms with Gasteiger partial charge >= 0.3 is 0 Å². The van der Waals surface area contributed by atoms with Crippen molar-refractivity contribution in [3.05, 3.63) is 29.8 Å². The fraction of sp³-hybridized carbons (Fsp3) is 0.471. The van der Waals surface area contributed by atoms with E-state index in [0.717, 1.165) is 19.3 Å². The minimum Gasteiger partial charge on any atom is -0.366 e. The molecule has 0 heterocycles. The molecule has 5 nitrogen and oxygen atoms in total. The van der Waals surface area contributed by atoms with Crippen molar-refractivity contribution < 1.29 is 14.4 Å². The second-order valence-electron chi connectivity index (χ2n) is 6.33. The maximum Gasteiger partial charge on any atom is 0.248 e. The Kier molecular flexibility index (Phi) is 3.96. The molecule has 3 rings (SSSR count). The molecular formula is C17H20N2O3. The van der Waals surface area contributed by atoms with E-state index < -0.39 is 5.91 Å². The molecule has 2 aliphatic carbocycles. The number of ketones is 1. The number of nitrogens with two attached hydrogens (primary N) is 1. The third-order valence-corrected chi connectivity index (χ3v) is 4.83. The van der Waals surface area contributed by atoms with Gasteiger partial charge in [0.25, 0.3) is 0 Å². The van der Waals surface area contributed by atoms with Crippen molar-refractivity contribution in [2.24, 2.45) is 23.5 Å². The van der Waals surface area contributed by atoms with Gasteiger partial charge in [-0.2, -0.15) is 0 Å². The lowest BCUT2D eigenvalue weighted by Gasteiger charge is -2.36. The van der Waals surface area contributed by atoms with Gasteiger partial charge in [0.2, 0.25) is 11.8 Å². The quantitative estimate of drug-likeness (QED) is 0.896. The lowest BCUT2D eigenvalue weighted by molar-refractivity contribution is -0.136. The molecule has 2 unspecified atom stereocenters. The summed E-state index contributed by atoms with van der Waals surface area (Å²) in [6.07, 6.45) is 4.22. The molecule has 0 aromatic heterocycles. The van der Waals surface area contributed by atoms with Crippen molar-refractivity contribution in [3.63, 3.8) is 0 Å². The smallest absolute Gasteiger partial charge is 0.248 e. The van der Waals surface area contributed by atoms with Crippen LogP contribution in [-0.2, 0) is 9.59 Å². The number of primary amides is 1. The van der Waals surface area contributed by atoms with Gasteiger partial charge in [0.1, 0.15) is 5.78 Å². The van der Waals surface area contributed by atoms with Crippen LogP contribution in [0.4, 0.5) is 5.69 Å². The van der Waals surface area contributed by atoms with Gasteiger partial charge in [-0.05, 0) is 43.9 Å². The van der Waals surface area contributed by atoms with E-state index in [1.165, 1.54) is 0 Å². The molecule has 116 valence electrons. The number of hydrogen-bond acceptors (Lipinski definition) is 3. The normalized spacial score (nSPS) is 27.3. The second-order valence-corrected chi connectivity index (χ2v) is 6.33. The maximum atomic E-state index is 12.4. The van der Waals surface area contributed by atoms with E-state index in [2.05, 4.69) is 5.32 Å². The zero-order valence-electron chi connectivity index (χ0n) is 12.4. The van der Waals surface area contributed by atoms with Crippen LogP contribution in [0.5, 0.6) is 0 Å². The zero-order valence-corrected chi connectivity index (χ0v) is 12.4. The highest BCUT2D eigenvalue weighted by molar-refractivity contribution is 5.97. The van der Waals surface area contributed by atoms with Crippen LogP contribution in [0.1, 0.15) is 42.5 Å². The lowest BCUT2D eigenvalue weighted by atomic mass is 9.67. The molecule has 2 fully saturated rings. The van der Waals surface area contributed by atoms with Gasteiger partial charge in [-0.15, -0.1) is 0 Å². The minimum absolute atomic E-state index is 0.0557. The van der Waals surface area contributed by atoms with Crippen LogP contribution in [0.3, 0.4) is 0 Å². The molecule has 3 N–H and O–H groups in total. The molecule has 1 aromatic carbocycles. The summed E-state index contributed by atoms with van der Waals surface area (Å²) in [7, 11) is 0.